The van der Waals surface area contributed by atoms with Crippen molar-refractivity contribution in [2.75, 3.05) is 5.32 Å². The van der Waals surface area contributed by atoms with Gasteiger partial charge in [-0.15, -0.1) is 0 Å². The maximum atomic E-state index is 12.0. The zero-order chi connectivity index (χ0) is 15.5. The van der Waals surface area contributed by atoms with Crippen LogP contribution >= 0.6 is 11.6 Å². The van der Waals surface area contributed by atoms with Crippen molar-refractivity contribution < 1.29 is 4.79 Å². The number of hydrogen-bond donors (Lipinski definition) is 1. The van der Waals surface area contributed by atoms with Crippen LogP contribution in [0.2, 0.25) is 5.02 Å². The van der Waals surface area contributed by atoms with Crippen LogP contribution in [0.25, 0.3) is 0 Å². The second kappa shape index (κ2) is 6.32. The van der Waals surface area contributed by atoms with E-state index in [1.807, 2.05) is 0 Å². The molecule has 1 aromatic heterocycles. The molecule has 22 heavy (non-hydrogen) atoms. The van der Waals surface area contributed by atoms with Gasteiger partial charge in [-0.3, -0.25) is 9.59 Å². The SMILES string of the molecule is O=C(Cn1nc2c(cc1=O)CCCC2)Nc1ccc(Cl)cc1. The third-order valence-electron chi connectivity index (χ3n) is 3.70. The molecule has 1 aromatic carbocycles. The Kier molecular flexibility index (Phi) is 4.24. The molecule has 0 radical (unpaired) electrons. The van der Waals surface area contributed by atoms with Crippen molar-refractivity contribution in [3.8, 4) is 0 Å². The zero-order valence-corrected chi connectivity index (χ0v) is 12.8. The van der Waals surface area contributed by atoms with Gasteiger partial charge in [-0.05, 0) is 55.5 Å². The highest BCUT2D eigenvalue weighted by Gasteiger charge is 2.14. The molecular weight excluding hydrogens is 302 g/mol. The minimum Gasteiger partial charge on any atom is -0.324 e. The Bertz CT molecular complexity index is 753. The molecule has 1 N–H and O–H groups in total. The molecule has 1 aliphatic carbocycles. The molecule has 0 saturated carbocycles. The van der Waals surface area contributed by atoms with Gasteiger partial charge in [0.15, 0.2) is 0 Å². The normalized spacial score (nSPS) is 13.5. The Labute approximate surface area is 132 Å². The van der Waals surface area contributed by atoms with Crippen LogP contribution in [0.15, 0.2) is 35.1 Å². The number of benzene rings is 1. The second-order valence-corrected chi connectivity index (χ2v) is 5.81. The van der Waals surface area contributed by atoms with Crippen molar-refractivity contribution >= 4 is 23.2 Å². The zero-order valence-electron chi connectivity index (χ0n) is 12.0. The minimum atomic E-state index is -0.285. The fourth-order valence-corrected chi connectivity index (χ4v) is 2.71. The molecule has 0 unspecified atom stereocenters. The van der Waals surface area contributed by atoms with Crippen LogP contribution < -0.4 is 10.9 Å². The minimum absolute atomic E-state index is 0.0886. The van der Waals surface area contributed by atoms with Crippen LogP contribution in [0.1, 0.15) is 24.1 Å². The molecule has 0 fully saturated rings. The number of anilines is 1. The van der Waals surface area contributed by atoms with Gasteiger partial charge in [0.25, 0.3) is 5.56 Å². The van der Waals surface area contributed by atoms with E-state index < -0.39 is 0 Å². The van der Waals surface area contributed by atoms with Crippen LogP contribution in [0.4, 0.5) is 5.69 Å². The maximum Gasteiger partial charge on any atom is 0.267 e. The van der Waals surface area contributed by atoms with Crippen LogP contribution in [-0.2, 0) is 24.2 Å². The molecule has 1 aliphatic rings. The fourth-order valence-electron chi connectivity index (χ4n) is 2.58. The third kappa shape index (κ3) is 3.36. The lowest BCUT2D eigenvalue weighted by atomic mass is 9.97. The third-order valence-corrected chi connectivity index (χ3v) is 3.95. The molecule has 5 nitrogen and oxygen atoms in total. The van der Waals surface area contributed by atoms with E-state index in [4.69, 9.17) is 11.6 Å². The van der Waals surface area contributed by atoms with E-state index in [2.05, 4.69) is 10.4 Å². The average Bonchev–Trinajstić information content (AvgIpc) is 2.50. The van der Waals surface area contributed by atoms with Crippen molar-refractivity contribution in [2.24, 2.45) is 0 Å². The number of nitrogens with zero attached hydrogens (tertiary/aromatic N) is 2. The molecule has 1 heterocycles. The summed E-state index contributed by atoms with van der Waals surface area (Å²) in [5.41, 5.74) is 2.36. The largest absolute Gasteiger partial charge is 0.324 e. The first-order valence-corrected chi connectivity index (χ1v) is 7.65. The van der Waals surface area contributed by atoms with Gasteiger partial charge >= 0.3 is 0 Å². The van der Waals surface area contributed by atoms with Gasteiger partial charge in [0.05, 0.1) is 5.69 Å². The molecule has 0 saturated heterocycles. The quantitative estimate of drug-likeness (QED) is 0.945. The summed E-state index contributed by atoms with van der Waals surface area (Å²) in [6.45, 7) is -0.0886. The highest BCUT2D eigenvalue weighted by molar-refractivity contribution is 6.30. The second-order valence-electron chi connectivity index (χ2n) is 5.37. The standard InChI is InChI=1S/C16H16ClN3O2/c17-12-5-7-13(8-6-12)18-15(21)10-20-16(22)9-11-3-1-2-4-14(11)19-20/h5-9H,1-4,10H2,(H,18,21). The van der Waals surface area contributed by atoms with Gasteiger partial charge in [-0.1, -0.05) is 11.6 Å². The average molecular weight is 318 g/mol. The topological polar surface area (TPSA) is 64.0 Å². The summed E-state index contributed by atoms with van der Waals surface area (Å²) in [7, 11) is 0. The van der Waals surface area contributed by atoms with E-state index in [-0.39, 0.29) is 18.0 Å². The van der Waals surface area contributed by atoms with Crippen molar-refractivity contribution in [3.63, 3.8) is 0 Å². The number of fused-ring (bicyclic) bond motifs is 1. The smallest absolute Gasteiger partial charge is 0.267 e. The highest BCUT2D eigenvalue weighted by atomic mass is 35.5. The Balaban J connectivity index is 1.73. The van der Waals surface area contributed by atoms with Crippen LogP contribution in [0.5, 0.6) is 0 Å². The van der Waals surface area contributed by atoms with Gasteiger partial charge in [0.2, 0.25) is 5.91 Å². The number of carbonyl (C=O) groups excluding carboxylic acids is 1. The molecule has 3 rings (SSSR count). The first-order chi connectivity index (χ1) is 10.6. The van der Waals surface area contributed by atoms with Crippen molar-refractivity contribution in [1.82, 2.24) is 9.78 Å². The Morgan fingerprint density at radius 2 is 1.95 bits per heavy atom. The molecule has 6 heteroatoms. The lowest BCUT2D eigenvalue weighted by Gasteiger charge is -2.15. The monoisotopic (exact) mass is 317 g/mol. The summed E-state index contributed by atoms with van der Waals surface area (Å²) >= 11 is 5.80. The number of nitrogens with one attached hydrogen (secondary N) is 1. The van der Waals surface area contributed by atoms with Crippen LogP contribution in [0, 0.1) is 0 Å². The van der Waals surface area contributed by atoms with Crippen molar-refractivity contribution in [3.05, 3.63) is 57.0 Å². The van der Waals surface area contributed by atoms with Gasteiger partial charge in [-0.2, -0.15) is 5.10 Å². The van der Waals surface area contributed by atoms with Gasteiger partial charge in [0, 0.05) is 16.8 Å². The predicted octanol–water partition coefficient (Wildman–Crippen LogP) is 2.41. The van der Waals surface area contributed by atoms with Crippen LogP contribution in [0.3, 0.4) is 0 Å². The first kappa shape index (κ1) is 14.8. The number of aryl methyl sites for hydroxylation is 2. The number of amides is 1. The summed E-state index contributed by atoms with van der Waals surface area (Å²) < 4.78 is 1.23. The van der Waals surface area contributed by atoms with Gasteiger partial charge in [-0.25, -0.2) is 4.68 Å². The Hall–Kier alpha value is -2.14. The van der Waals surface area contributed by atoms with E-state index in [1.165, 1.54) is 4.68 Å². The number of halogens is 1. The lowest BCUT2D eigenvalue weighted by molar-refractivity contribution is -0.117. The Morgan fingerprint density at radius 3 is 2.73 bits per heavy atom. The number of carbonyl (C=O) groups is 1. The molecule has 2 aromatic rings. The van der Waals surface area contributed by atoms with Crippen LogP contribution in [-0.4, -0.2) is 15.7 Å². The summed E-state index contributed by atoms with van der Waals surface area (Å²) in [5.74, 6) is -0.285. The Morgan fingerprint density at radius 1 is 1.23 bits per heavy atom. The molecule has 1 amide bonds. The predicted molar refractivity (Wildman–Crippen MR) is 85.2 cm³/mol. The van der Waals surface area contributed by atoms with Gasteiger partial charge < -0.3 is 5.32 Å². The first-order valence-electron chi connectivity index (χ1n) is 7.27. The number of aromatic nitrogens is 2. The highest BCUT2D eigenvalue weighted by Crippen LogP contribution is 2.17. The van der Waals surface area contributed by atoms with E-state index >= 15 is 0 Å². The summed E-state index contributed by atoms with van der Waals surface area (Å²) in [6, 6.07) is 8.42. The molecule has 0 spiro atoms. The summed E-state index contributed by atoms with van der Waals surface area (Å²) in [6.07, 6.45) is 3.94. The molecule has 0 atom stereocenters. The fraction of sp³-hybridized carbons (Fsp3) is 0.312. The maximum absolute atomic E-state index is 12.0. The van der Waals surface area contributed by atoms with Gasteiger partial charge in [0.1, 0.15) is 6.54 Å². The summed E-state index contributed by atoms with van der Waals surface area (Å²) in [5, 5.41) is 7.66. The van der Waals surface area contributed by atoms with E-state index in [9.17, 15) is 9.59 Å². The molecule has 0 bridgehead atoms. The van der Waals surface area contributed by atoms with E-state index in [0.717, 1.165) is 36.9 Å². The van der Waals surface area contributed by atoms with Crippen molar-refractivity contribution in [2.45, 2.75) is 32.2 Å². The van der Waals surface area contributed by atoms with Crippen molar-refractivity contribution in [1.29, 1.82) is 0 Å². The van der Waals surface area contributed by atoms with E-state index in [0.29, 0.717) is 10.7 Å². The lowest BCUT2D eigenvalue weighted by Crippen LogP contribution is -2.31. The number of rotatable bonds is 3. The van der Waals surface area contributed by atoms with E-state index in [1.54, 1.807) is 30.3 Å². The molecular formula is C16H16ClN3O2. The molecule has 0 aliphatic heterocycles. The summed E-state index contributed by atoms with van der Waals surface area (Å²) in [4.78, 5) is 24.1. The number of hydrogen-bond acceptors (Lipinski definition) is 3. The molecule has 114 valence electrons.